The van der Waals surface area contributed by atoms with Crippen molar-refractivity contribution in [2.75, 3.05) is 38.5 Å². The highest BCUT2D eigenvalue weighted by Crippen LogP contribution is 2.35. The van der Waals surface area contributed by atoms with E-state index in [-0.39, 0.29) is 17.8 Å². The molecule has 0 bridgehead atoms. The van der Waals surface area contributed by atoms with E-state index in [1.165, 1.54) is 12.1 Å². The molecule has 0 radical (unpaired) electrons. The van der Waals surface area contributed by atoms with Gasteiger partial charge < -0.3 is 10.2 Å². The van der Waals surface area contributed by atoms with Gasteiger partial charge in [0.15, 0.2) is 0 Å². The number of fused-ring (bicyclic) bond motifs is 1. The molecule has 0 aromatic heterocycles. The van der Waals surface area contributed by atoms with Crippen LogP contribution in [0.1, 0.15) is 32.6 Å². The Morgan fingerprint density at radius 3 is 2.67 bits per heavy atom. The minimum atomic E-state index is -4.54. The summed E-state index contributed by atoms with van der Waals surface area (Å²) in [7, 11) is 2.00. The standard InChI is InChI=1S/C31H28F3N5O/c1-22-8-9-24(19-23(22)11-13-28-6-3-5-27-7-4-14-35-39(27)28)30(40)36-26-12-10-25(29(20-26)31(32,33)34)21-38-17-15-37(2)16-18-38/h3-4,6-10,12,14,19-20H,15-18,21H2,1-2H3,(H,36,40). The Bertz CT molecular complexity index is 1540. The molecule has 2 aromatic carbocycles. The van der Waals surface area contributed by atoms with Crippen molar-refractivity contribution in [3.8, 4) is 11.8 Å². The van der Waals surface area contributed by atoms with Gasteiger partial charge in [-0.3, -0.25) is 9.69 Å². The lowest BCUT2D eigenvalue weighted by Crippen LogP contribution is -2.44. The Kier molecular flexibility index (Phi) is 7.76. The number of halogens is 3. The van der Waals surface area contributed by atoms with E-state index in [9.17, 15) is 18.0 Å². The van der Waals surface area contributed by atoms with Crippen LogP contribution in [-0.2, 0) is 12.7 Å². The minimum absolute atomic E-state index is 0.0853. The molecule has 204 valence electrons. The number of rotatable bonds is 4. The van der Waals surface area contributed by atoms with Gasteiger partial charge in [-0.25, -0.2) is 5.01 Å². The number of hydrogen-bond acceptors (Lipinski definition) is 5. The molecule has 1 saturated heterocycles. The van der Waals surface area contributed by atoms with Crippen LogP contribution in [-0.4, -0.2) is 60.2 Å². The van der Waals surface area contributed by atoms with Crippen molar-refractivity contribution < 1.29 is 18.0 Å². The fourth-order valence-corrected chi connectivity index (χ4v) is 4.58. The quantitative estimate of drug-likeness (QED) is 0.428. The van der Waals surface area contributed by atoms with Gasteiger partial charge in [-0.05, 0) is 79.6 Å². The highest BCUT2D eigenvalue weighted by Gasteiger charge is 2.34. The second-order valence-corrected chi connectivity index (χ2v) is 9.87. The van der Waals surface area contributed by atoms with E-state index in [4.69, 9.17) is 0 Å². The van der Waals surface area contributed by atoms with Crippen LogP contribution in [0.2, 0.25) is 0 Å². The molecule has 0 aliphatic carbocycles. The first-order valence-electron chi connectivity index (χ1n) is 12.9. The summed E-state index contributed by atoms with van der Waals surface area (Å²) in [6.07, 6.45) is 4.37. The summed E-state index contributed by atoms with van der Waals surface area (Å²) in [6, 6.07) is 9.03. The average Bonchev–Trinajstić information content (AvgIpc) is 2.94. The van der Waals surface area contributed by atoms with Crippen molar-refractivity contribution in [1.29, 1.82) is 0 Å². The van der Waals surface area contributed by atoms with Crippen molar-refractivity contribution in [2.24, 2.45) is 5.10 Å². The number of hydrogen-bond donors (Lipinski definition) is 1. The van der Waals surface area contributed by atoms with Gasteiger partial charge in [0.05, 0.1) is 5.56 Å². The van der Waals surface area contributed by atoms with E-state index in [0.29, 0.717) is 29.9 Å². The lowest BCUT2D eigenvalue weighted by atomic mass is 10.0. The van der Waals surface area contributed by atoms with Gasteiger partial charge in [0.2, 0.25) is 0 Å². The number of anilines is 1. The number of aryl methyl sites for hydroxylation is 1. The summed E-state index contributed by atoms with van der Waals surface area (Å²) in [5.74, 6) is 5.68. The number of amides is 1. The fourth-order valence-electron chi connectivity index (χ4n) is 4.58. The highest BCUT2D eigenvalue weighted by molar-refractivity contribution is 6.04. The third kappa shape index (κ3) is 6.27. The molecule has 1 N–H and O–H groups in total. The Morgan fingerprint density at radius 2 is 1.90 bits per heavy atom. The maximum Gasteiger partial charge on any atom is 0.416 e. The number of likely N-dealkylation sites (N-methyl/N-ethyl adjacent to an activating group) is 1. The number of allylic oxidation sites excluding steroid dienone is 4. The Labute approximate surface area is 231 Å². The monoisotopic (exact) mass is 543 g/mol. The molecule has 3 aliphatic rings. The van der Waals surface area contributed by atoms with E-state index >= 15 is 0 Å². The summed E-state index contributed by atoms with van der Waals surface area (Å²) in [5, 5.41) is 8.61. The van der Waals surface area contributed by atoms with E-state index in [1.54, 1.807) is 41.6 Å². The number of nitrogens with one attached hydrogen (secondary N) is 1. The van der Waals surface area contributed by atoms with Gasteiger partial charge in [-0.1, -0.05) is 23.8 Å². The molecule has 0 spiro atoms. The van der Waals surface area contributed by atoms with Crippen LogP contribution in [0.25, 0.3) is 0 Å². The van der Waals surface area contributed by atoms with Gasteiger partial charge >= 0.3 is 6.18 Å². The van der Waals surface area contributed by atoms with Crippen LogP contribution in [0.15, 0.2) is 82.9 Å². The van der Waals surface area contributed by atoms with Crippen LogP contribution in [0.4, 0.5) is 18.9 Å². The summed E-state index contributed by atoms with van der Waals surface area (Å²) >= 11 is 0. The first-order valence-corrected chi connectivity index (χ1v) is 12.9. The second kappa shape index (κ2) is 11.4. The number of piperazine rings is 1. The number of nitrogens with zero attached hydrogens (tertiary/aromatic N) is 4. The number of carbonyl (C=O) groups is 1. The third-order valence-electron chi connectivity index (χ3n) is 6.94. The molecule has 0 unspecified atom stereocenters. The summed E-state index contributed by atoms with van der Waals surface area (Å²) in [4.78, 5) is 17.2. The predicted molar refractivity (Wildman–Crippen MR) is 149 cm³/mol. The molecule has 2 aromatic rings. The normalized spacial score (nSPS) is 17.1. The summed E-state index contributed by atoms with van der Waals surface area (Å²) in [6.45, 7) is 5.13. The maximum atomic E-state index is 14.0. The van der Waals surface area contributed by atoms with Crippen LogP contribution >= 0.6 is 0 Å². The van der Waals surface area contributed by atoms with Crippen LogP contribution < -0.4 is 5.32 Å². The third-order valence-corrected chi connectivity index (χ3v) is 6.94. The molecule has 0 atom stereocenters. The minimum Gasteiger partial charge on any atom is -0.322 e. The predicted octanol–water partition coefficient (Wildman–Crippen LogP) is 5.16. The van der Waals surface area contributed by atoms with Crippen molar-refractivity contribution in [1.82, 2.24) is 14.8 Å². The van der Waals surface area contributed by atoms with E-state index in [1.807, 2.05) is 31.0 Å². The van der Waals surface area contributed by atoms with Crippen LogP contribution in [0.3, 0.4) is 0 Å². The fraction of sp³-hybridized carbons (Fsp3) is 0.258. The SMILES string of the molecule is Cc1ccc(C(=O)Nc2ccc(CN3CCN(C)CC3)c(C(F)(F)F)c2)cc1C#CC1=CC=C=C2C=CC=NN21. The lowest BCUT2D eigenvalue weighted by molar-refractivity contribution is -0.138. The molecule has 1 fully saturated rings. The lowest BCUT2D eigenvalue weighted by Gasteiger charge is -2.33. The number of alkyl halides is 3. The molecule has 40 heavy (non-hydrogen) atoms. The zero-order valence-electron chi connectivity index (χ0n) is 22.2. The Hall–Kier alpha value is -4.35. The van der Waals surface area contributed by atoms with E-state index in [2.05, 4.69) is 32.9 Å². The van der Waals surface area contributed by atoms with Gasteiger partial charge in [-0.2, -0.15) is 18.3 Å². The van der Waals surface area contributed by atoms with Crippen LogP contribution in [0.5, 0.6) is 0 Å². The first-order chi connectivity index (χ1) is 19.2. The largest absolute Gasteiger partial charge is 0.416 e. The molecular weight excluding hydrogens is 515 g/mol. The molecule has 0 saturated carbocycles. The number of benzene rings is 2. The van der Waals surface area contributed by atoms with Crippen molar-refractivity contribution in [2.45, 2.75) is 19.6 Å². The molecule has 1 amide bonds. The molecule has 3 aliphatic heterocycles. The van der Waals surface area contributed by atoms with Crippen molar-refractivity contribution in [3.63, 3.8) is 0 Å². The van der Waals surface area contributed by atoms with Crippen molar-refractivity contribution >= 4 is 17.8 Å². The zero-order valence-corrected chi connectivity index (χ0v) is 22.2. The smallest absolute Gasteiger partial charge is 0.322 e. The Balaban J connectivity index is 1.33. The summed E-state index contributed by atoms with van der Waals surface area (Å²) in [5.41, 5.74) is 5.84. The zero-order chi connectivity index (χ0) is 28.3. The molecule has 3 heterocycles. The second-order valence-electron chi connectivity index (χ2n) is 9.87. The number of carbonyl (C=O) groups excluding carboxylic acids is 1. The van der Waals surface area contributed by atoms with Gasteiger partial charge in [0.1, 0.15) is 11.4 Å². The van der Waals surface area contributed by atoms with E-state index < -0.39 is 17.6 Å². The van der Waals surface area contributed by atoms with E-state index in [0.717, 1.165) is 30.4 Å². The number of hydrazone groups is 1. The topological polar surface area (TPSA) is 51.2 Å². The summed E-state index contributed by atoms with van der Waals surface area (Å²) < 4.78 is 41.9. The average molecular weight is 544 g/mol. The van der Waals surface area contributed by atoms with Crippen LogP contribution in [0, 0.1) is 18.8 Å². The molecular formula is C31H28F3N5O. The maximum absolute atomic E-state index is 14.0. The molecule has 6 nitrogen and oxygen atoms in total. The molecule has 9 heteroatoms. The first kappa shape index (κ1) is 27.2. The Morgan fingerprint density at radius 1 is 1.10 bits per heavy atom. The molecule has 5 rings (SSSR count). The van der Waals surface area contributed by atoms with Gasteiger partial charge in [-0.15, -0.1) is 0 Å². The van der Waals surface area contributed by atoms with Gasteiger partial charge in [0.25, 0.3) is 5.91 Å². The van der Waals surface area contributed by atoms with Gasteiger partial charge in [0, 0.05) is 55.8 Å². The van der Waals surface area contributed by atoms with Crippen molar-refractivity contribution in [3.05, 3.63) is 106 Å². The highest BCUT2D eigenvalue weighted by atomic mass is 19.4.